The minimum absolute atomic E-state index is 0. The average Bonchev–Trinajstić information content (AvgIpc) is 2.96. The minimum atomic E-state index is -0.342. The number of nitrogens with zero attached hydrogens (tertiary/aromatic N) is 1. The quantitative estimate of drug-likeness (QED) is 0.706. The van der Waals surface area contributed by atoms with Gasteiger partial charge < -0.3 is 25.0 Å². The summed E-state index contributed by atoms with van der Waals surface area (Å²) in [7, 11) is 4.94. The van der Waals surface area contributed by atoms with E-state index in [-0.39, 0.29) is 36.6 Å². The van der Waals surface area contributed by atoms with Crippen LogP contribution >= 0.6 is 12.4 Å². The molecule has 1 aliphatic rings. The van der Waals surface area contributed by atoms with Crippen molar-refractivity contribution in [2.75, 3.05) is 45.8 Å². The number of hydrogen-bond acceptors (Lipinski definition) is 5. The highest BCUT2D eigenvalue weighted by Gasteiger charge is 2.36. The summed E-state index contributed by atoms with van der Waals surface area (Å²) in [5.74, 6) is 0.685. The molecule has 1 aromatic rings. The van der Waals surface area contributed by atoms with Gasteiger partial charge in [0.15, 0.2) is 0 Å². The maximum absolute atomic E-state index is 12.3. The van der Waals surface area contributed by atoms with Crippen LogP contribution in [-0.4, -0.2) is 52.7 Å². The molecule has 0 aliphatic carbocycles. The number of hydrogen-bond donors (Lipinski definition) is 2. The van der Waals surface area contributed by atoms with Crippen molar-refractivity contribution in [3.63, 3.8) is 0 Å². The van der Waals surface area contributed by atoms with Crippen LogP contribution in [0.25, 0.3) is 0 Å². The van der Waals surface area contributed by atoms with E-state index in [0.29, 0.717) is 36.8 Å². The Morgan fingerprint density at radius 2 is 2.04 bits per heavy atom. The summed E-state index contributed by atoms with van der Waals surface area (Å²) in [6, 6.07) is 5.27. The molecule has 2 amide bonds. The highest BCUT2D eigenvalue weighted by atomic mass is 35.5. The molecular weight excluding hydrogens is 334 g/mol. The average molecular weight is 358 g/mol. The molecule has 8 heteroatoms. The first-order valence-electron chi connectivity index (χ1n) is 7.55. The van der Waals surface area contributed by atoms with Crippen LogP contribution in [-0.2, 0) is 9.59 Å². The van der Waals surface area contributed by atoms with E-state index < -0.39 is 0 Å². The summed E-state index contributed by atoms with van der Waals surface area (Å²) < 4.78 is 10.5. The van der Waals surface area contributed by atoms with Gasteiger partial charge >= 0.3 is 0 Å². The number of benzene rings is 1. The molecule has 1 atom stereocenters. The van der Waals surface area contributed by atoms with Crippen molar-refractivity contribution >= 4 is 29.9 Å². The SMILES string of the molecule is CNCCNC(=O)C1CC(=O)N(c2ccc(OC)cc2OC)C1.Cl. The van der Waals surface area contributed by atoms with Crippen molar-refractivity contribution in [2.24, 2.45) is 5.92 Å². The molecule has 0 spiro atoms. The van der Waals surface area contributed by atoms with Gasteiger partial charge in [-0.05, 0) is 19.2 Å². The normalized spacial score (nSPS) is 16.5. The predicted octanol–water partition coefficient (Wildman–Crippen LogP) is 0.814. The van der Waals surface area contributed by atoms with Crippen molar-refractivity contribution in [2.45, 2.75) is 6.42 Å². The second-order valence-electron chi connectivity index (χ2n) is 5.34. The van der Waals surface area contributed by atoms with Gasteiger partial charge in [0.1, 0.15) is 11.5 Å². The molecule has 134 valence electrons. The van der Waals surface area contributed by atoms with Crippen LogP contribution in [0.2, 0.25) is 0 Å². The van der Waals surface area contributed by atoms with Gasteiger partial charge in [-0.2, -0.15) is 0 Å². The van der Waals surface area contributed by atoms with Gasteiger partial charge in [-0.25, -0.2) is 0 Å². The smallest absolute Gasteiger partial charge is 0.227 e. The lowest BCUT2D eigenvalue weighted by Crippen LogP contribution is -2.36. The van der Waals surface area contributed by atoms with Crippen molar-refractivity contribution < 1.29 is 19.1 Å². The summed E-state index contributed by atoms with van der Waals surface area (Å²) in [6.07, 6.45) is 0.209. The van der Waals surface area contributed by atoms with Gasteiger partial charge in [0.05, 0.1) is 25.8 Å². The van der Waals surface area contributed by atoms with Crippen LogP contribution in [0, 0.1) is 5.92 Å². The van der Waals surface area contributed by atoms with Gasteiger partial charge in [-0.3, -0.25) is 9.59 Å². The Morgan fingerprint density at radius 3 is 2.67 bits per heavy atom. The van der Waals surface area contributed by atoms with E-state index in [2.05, 4.69) is 10.6 Å². The number of ether oxygens (including phenoxy) is 2. The van der Waals surface area contributed by atoms with Crippen LogP contribution in [0.4, 0.5) is 5.69 Å². The molecule has 2 rings (SSSR count). The highest BCUT2D eigenvalue weighted by Crippen LogP contribution is 2.35. The lowest BCUT2D eigenvalue weighted by atomic mass is 10.1. The van der Waals surface area contributed by atoms with Crippen LogP contribution in [0.5, 0.6) is 11.5 Å². The lowest BCUT2D eigenvalue weighted by molar-refractivity contribution is -0.126. The number of nitrogens with one attached hydrogen (secondary N) is 2. The van der Waals surface area contributed by atoms with Crippen LogP contribution in [0.15, 0.2) is 18.2 Å². The summed E-state index contributed by atoms with van der Waals surface area (Å²) in [6.45, 7) is 1.60. The van der Waals surface area contributed by atoms with Crippen molar-refractivity contribution in [1.82, 2.24) is 10.6 Å². The van der Waals surface area contributed by atoms with Gasteiger partial charge in [-0.1, -0.05) is 0 Å². The predicted molar refractivity (Wildman–Crippen MR) is 94.2 cm³/mol. The fraction of sp³-hybridized carbons (Fsp3) is 0.500. The van der Waals surface area contributed by atoms with Gasteiger partial charge in [-0.15, -0.1) is 12.4 Å². The number of likely N-dealkylation sites (N-methyl/N-ethyl adjacent to an activating group) is 1. The lowest BCUT2D eigenvalue weighted by Gasteiger charge is -2.20. The fourth-order valence-corrected chi connectivity index (χ4v) is 2.58. The maximum atomic E-state index is 12.3. The Labute approximate surface area is 148 Å². The molecule has 2 N–H and O–H groups in total. The zero-order chi connectivity index (χ0) is 16.8. The van der Waals surface area contributed by atoms with Gasteiger partial charge in [0.2, 0.25) is 11.8 Å². The first kappa shape index (κ1) is 20.1. The molecule has 1 aromatic carbocycles. The largest absolute Gasteiger partial charge is 0.497 e. The summed E-state index contributed by atoms with van der Waals surface area (Å²) in [5, 5.41) is 5.80. The number of rotatable bonds is 7. The molecule has 7 nitrogen and oxygen atoms in total. The monoisotopic (exact) mass is 357 g/mol. The molecule has 0 radical (unpaired) electrons. The summed E-state index contributed by atoms with van der Waals surface area (Å²) in [4.78, 5) is 26.0. The summed E-state index contributed by atoms with van der Waals surface area (Å²) >= 11 is 0. The molecular formula is C16H24ClN3O4. The molecule has 0 saturated carbocycles. The third-order valence-electron chi connectivity index (χ3n) is 3.85. The first-order valence-corrected chi connectivity index (χ1v) is 7.55. The zero-order valence-corrected chi connectivity index (χ0v) is 14.9. The minimum Gasteiger partial charge on any atom is -0.497 e. The van der Waals surface area contributed by atoms with E-state index in [0.717, 1.165) is 0 Å². The Bertz CT molecular complexity index is 582. The van der Waals surface area contributed by atoms with Gasteiger partial charge in [0.25, 0.3) is 0 Å². The fourth-order valence-electron chi connectivity index (χ4n) is 2.58. The number of anilines is 1. The molecule has 0 bridgehead atoms. The summed E-state index contributed by atoms with van der Waals surface area (Å²) in [5.41, 5.74) is 0.656. The second-order valence-corrected chi connectivity index (χ2v) is 5.34. The van der Waals surface area contributed by atoms with E-state index >= 15 is 0 Å². The van der Waals surface area contributed by atoms with Crippen LogP contribution in [0.1, 0.15) is 6.42 Å². The molecule has 24 heavy (non-hydrogen) atoms. The molecule has 1 unspecified atom stereocenters. The number of halogens is 1. The molecule has 1 saturated heterocycles. The third kappa shape index (κ3) is 4.52. The highest BCUT2D eigenvalue weighted by molar-refractivity contribution is 6.01. The zero-order valence-electron chi connectivity index (χ0n) is 14.1. The van der Waals surface area contributed by atoms with Crippen LogP contribution in [0.3, 0.4) is 0 Å². The van der Waals surface area contributed by atoms with E-state index in [4.69, 9.17) is 9.47 Å². The maximum Gasteiger partial charge on any atom is 0.227 e. The van der Waals surface area contributed by atoms with E-state index in [1.54, 1.807) is 37.3 Å². The Hall–Kier alpha value is -1.99. The Balaban J connectivity index is 0.00000288. The van der Waals surface area contributed by atoms with E-state index in [9.17, 15) is 9.59 Å². The number of amides is 2. The van der Waals surface area contributed by atoms with E-state index in [1.165, 1.54) is 0 Å². The number of methoxy groups -OCH3 is 2. The topological polar surface area (TPSA) is 79.9 Å². The first-order chi connectivity index (χ1) is 11.1. The van der Waals surface area contributed by atoms with Crippen molar-refractivity contribution in [1.29, 1.82) is 0 Å². The number of carbonyl (C=O) groups is 2. The molecule has 1 fully saturated rings. The standard InChI is InChI=1S/C16H23N3O4.ClH/c1-17-6-7-18-16(21)11-8-15(20)19(10-11)13-5-4-12(22-2)9-14(13)23-3;/h4-5,9,11,17H,6-8,10H2,1-3H3,(H,18,21);1H. The number of carbonyl (C=O) groups excluding carboxylic acids is 2. The Kier molecular flexibility index (Phi) is 7.81. The molecule has 1 heterocycles. The van der Waals surface area contributed by atoms with E-state index in [1.807, 2.05) is 7.05 Å². The van der Waals surface area contributed by atoms with Gasteiger partial charge in [0, 0.05) is 32.1 Å². The van der Waals surface area contributed by atoms with Crippen molar-refractivity contribution in [3.8, 4) is 11.5 Å². The molecule has 0 aromatic heterocycles. The molecule has 1 aliphatic heterocycles. The third-order valence-corrected chi connectivity index (χ3v) is 3.85. The Morgan fingerprint density at radius 1 is 1.29 bits per heavy atom. The van der Waals surface area contributed by atoms with Crippen molar-refractivity contribution in [3.05, 3.63) is 18.2 Å². The van der Waals surface area contributed by atoms with Crippen LogP contribution < -0.4 is 25.0 Å². The second kappa shape index (κ2) is 9.34.